The monoisotopic (exact) mass is 400 g/mol. The number of hydrogen-bond donors (Lipinski definition) is 1. The van der Waals surface area contributed by atoms with Crippen LogP contribution in [0, 0.1) is 10.1 Å². The highest BCUT2D eigenvalue weighted by atomic mass is 16.6. The van der Waals surface area contributed by atoms with Crippen LogP contribution in [0.4, 0.5) is 11.4 Å². The van der Waals surface area contributed by atoms with Gasteiger partial charge < -0.3 is 14.4 Å². The second-order valence-electron chi connectivity index (χ2n) is 6.87. The van der Waals surface area contributed by atoms with E-state index >= 15 is 0 Å². The van der Waals surface area contributed by atoms with Gasteiger partial charge in [0.05, 0.1) is 30.3 Å². The average Bonchev–Trinajstić information content (AvgIpc) is 2.70. The molecule has 0 saturated heterocycles. The highest BCUT2D eigenvalue weighted by molar-refractivity contribution is 6.13. The molecule has 0 aliphatic rings. The Kier molecular flexibility index (Phi) is 6.00. The molecule has 0 atom stereocenters. The van der Waals surface area contributed by atoms with E-state index in [1.807, 2.05) is 25.1 Å². The summed E-state index contributed by atoms with van der Waals surface area (Å²) in [5.74, 6) is 0.371. The van der Waals surface area contributed by atoms with Crippen molar-refractivity contribution < 1.29 is 19.6 Å². The smallest absolute Gasteiger partial charge is 0.322 e. The predicted octanol–water partition coefficient (Wildman–Crippen LogP) is 3.46. The Morgan fingerprint density at radius 2 is 1.83 bits per heavy atom. The Bertz CT molecular complexity index is 1050. The summed E-state index contributed by atoms with van der Waals surface area (Å²) < 4.78 is 10.7. The van der Waals surface area contributed by atoms with Gasteiger partial charge in [0.25, 0.3) is 0 Å². The predicted molar refractivity (Wildman–Crippen MR) is 111 cm³/mol. The number of nitro benzene ring substituents is 1. The van der Waals surface area contributed by atoms with E-state index in [1.165, 1.54) is 20.3 Å². The first-order chi connectivity index (χ1) is 13.9. The molecule has 9 nitrogen and oxygen atoms in total. The summed E-state index contributed by atoms with van der Waals surface area (Å²) in [5.41, 5.74) is 0.941. The number of para-hydroxylation sites is 1. The van der Waals surface area contributed by atoms with E-state index in [9.17, 15) is 15.3 Å². The standard InChI is InChI=1S/C20H24N4O5/c1-22(2)10-7-11-23(25)19-13-8-5-6-9-14(13)21-18-15(28-3)12-16(29-4)20(17(18)19)24(26)27/h5-6,8-9,12,25H,7,10-11H2,1-4H3. The van der Waals surface area contributed by atoms with Gasteiger partial charge in [0.2, 0.25) is 5.75 Å². The van der Waals surface area contributed by atoms with Crippen LogP contribution < -0.4 is 14.5 Å². The highest BCUT2D eigenvalue weighted by Crippen LogP contribution is 2.46. The lowest BCUT2D eigenvalue weighted by atomic mass is 10.0. The fourth-order valence-electron chi connectivity index (χ4n) is 3.39. The molecule has 0 aliphatic heterocycles. The van der Waals surface area contributed by atoms with Crippen LogP contribution in [0.25, 0.3) is 21.8 Å². The molecule has 154 valence electrons. The van der Waals surface area contributed by atoms with E-state index < -0.39 is 4.92 Å². The number of aromatic nitrogens is 1. The molecule has 0 bridgehead atoms. The quantitative estimate of drug-likeness (QED) is 0.348. The number of pyridine rings is 1. The van der Waals surface area contributed by atoms with E-state index in [4.69, 9.17) is 9.47 Å². The van der Waals surface area contributed by atoms with E-state index in [1.54, 1.807) is 18.2 Å². The van der Waals surface area contributed by atoms with Crippen molar-refractivity contribution in [1.82, 2.24) is 9.88 Å². The first kappa shape index (κ1) is 20.6. The number of anilines is 1. The third-order valence-corrected chi connectivity index (χ3v) is 4.69. The lowest BCUT2D eigenvalue weighted by Crippen LogP contribution is -2.24. The zero-order valence-electron chi connectivity index (χ0n) is 16.9. The Hall–Kier alpha value is -3.17. The first-order valence-electron chi connectivity index (χ1n) is 9.12. The van der Waals surface area contributed by atoms with Gasteiger partial charge in [-0.15, -0.1) is 0 Å². The van der Waals surface area contributed by atoms with Crippen LogP contribution in [0.1, 0.15) is 6.42 Å². The van der Waals surface area contributed by atoms with Crippen LogP contribution >= 0.6 is 0 Å². The van der Waals surface area contributed by atoms with Crippen LogP contribution in [0.3, 0.4) is 0 Å². The number of fused-ring (bicyclic) bond motifs is 2. The Balaban J connectivity index is 2.38. The lowest BCUT2D eigenvalue weighted by molar-refractivity contribution is -0.383. The molecule has 2 aromatic carbocycles. The van der Waals surface area contributed by atoms with Gasteiger partial charge in [-0.3, -0.25) is 20.4 Å². The summed E-state index contributed by atoms with van der Waals surface area (Å²) in [7, 11) is 6.71. The molecule has 1 aromatic heterocycles. The maximum atomic E-state index is 12.0. The molecule has 0 saturated carbocycles. The fourth-order valence-corrected chi connectivity index (χ4v) is 3.39. The van der Waals surface area contributed by atoms with Gasteiger partial charge in [-0.05, 0) is 33.1 Å². The molecule has 0 spiro atoms. The third-order valence-electron chi connectivity index (χ3n) is 4.69. The number of hydroxylamine groups is 1. The van der Waals surface area contributed by atoms with E-state index in [0.29, 0.717) is 34.3 Å². The lowest BCUT2D eigenvalue weighted by Gasteiger charge is -2.22. The Morgan fingerprint density at radius 1 is 1.14 bits per heavy atom. The SMILES string of the molecule is COc1cc(OC)c2nc3ccccc3c(N(O)CCCN(C)C)c2c1[N+](=O)[O-]. The van der Waals surface area contributed by atoms with Crippen LogP contribution in [0.5, 0.6) is 11.5 Å². The van der Waals surface area contributed by atoms with Gasteiger partial charge in [-0.1, -0.05) is 18.2 Å². The number of hydrogen-bond acceptors (Lipinski definition) is 8. The largest absolute Gasteiger partial charge is 0.494 e. The van der Waals surface area contributed by atoms with Crippen LogP contribution in [-0.2, 0) is 0 Å². The van der Waals surface area contributed by atoms with Crippen LogP contribution in [0.15, 0.2) is 30.3 Å². The van der Waals surface area contributed by atoms with Crippen LogP contribution in [0.2, 0.25) is 0 Å². The van der Waals surface area contributed by atoms with E-state index in [0.717, 1.165) is 11.6 Å². The molecule has 0 radical (unpaired) electrons. The van der Waals surface area contributed by atoms with Crippen molar-refractivity contribution >= 4 is 33.2 Å². The summed E-state index contributed by atoms with van der Waals surface area (Å²) in [6.07, 6.45) is 0.663. The van der Waals surface area contributed by atoms with Crippen molar-refractivity contribution in [3.05, 3.63) is 40.4 Å². The molecule has 0 fully saturated rings. The van der Waals surface area contributed by atoms with E-state index in [-0.39, 0.29) is 23.4 Å². The Labute approximate surface area is 168 Å². The van der Waals surface area contributed by atoms with Crippen molar-refractivity contribution in [2.24, 2.45) is 0 Å². The summed E-state index contributed by atoms with van der Waals surface area (Å²) >= 11 is 0. The number of rotatable bonds is 8. The minimum Gasteiger partial charge on any atom is -0.494 e. The zero-order chi connectivity index (χ0) is 21.1. The summed E-state index contributed by atoms with van der Waals surface area (Å²) in [6.45, 7) is 1.05. The minimum absolute atomic E-state index is 0.0411. The second kappa shape index (κ2) is 8.46. The van der Waals surface area contributed by atoms with Gasteiger partial charge in [0.15, 0.2) is 0 Å². The molecule has 3 aromatic rings. The van der Waals surface area contributed by atoms with Gasteiger partial charge in [-0.25, -0.2) is 4.98 Å². The van der Waals surface area contributed by atoms with Gasteiger partial charge >= 0.3 is 5.69 Å². The van der Waals surface area contributed by atoms with Crippen molar-refractivity contribution in [1.29, 1.82) is 0 Å². The minimum atomic E-state index is -0.520. The zero-order valence-corrected chi connectivity index (χ0v) is 16.9. The van der Waals surface area contributed by atoms with Gasteiger partial charge in [0.1, 0.15) is 16.7 Å². The Morgan fingerprint density at radius 3 is 2.45 bits per heavy atom. The molecule has 1 N–H and O–H groups in total. The highest BCUT2D eigenvalue weighted by Gasteiger charge is 2.29. The summed E-state index contributed by atoms with van der Waals surface area (Å²) in [6, 6.07) is 8.64. The maximum absolute atomic E-state index is 12.0. The molecule has 1 heterocycles. The first-order valence-corrected chi connectivity index (χ1v) is 9.12. The molecule has 29 heavy (non-hydrogen) atoms. The van der Waals surface area contributed by atoms with E-state index in [2.05, 4.69) is 4.98 Å². The number of nitrogens with zero attached hydrogens (tertiary/aromatic N) is 4. The molecular formula is C20H24N4O5. The molecule has 0 amide bonds. The number of nitro groups is 1. The number of benzene rings is 2. The topological polar surface area (TPSA) is 101 Å². The molecule has 0 unspecified atom stereocenters. The van der Waals surface area contributed by atoms with Gasteiger partial charge in [0, 0.05) is 18.0 Å². The van der Waals surface area contributed by atoms with Crippen molar-refractivity contribution in [3.8, 4) is 11.5 Å². The van der Waals surface area contributed by atoms with Crippen molar-refractivity contribution in [2.75, 3.05) is 46.5 Å². The molecule has 9 heteroatoms. The molecule has 3 rings (SSSR count). The number of ether oxygens (including phenoxy) is 2. The average molecular weight is 400 g/mol. The molecular weight excluding hydrogens is 376 g/mol. The molecule has 0 aliphatic carbocycles. The number of methoxy groups -OCH3 is 2. The summed E-state index contributed by atoms with van der Waals surface area (Å²) in [5, 5.41) is 24.7. The maximum Gasteiger partial charge on any atom is 0.322 e. The fraction of sp³-hybridized carbons (Fsp3) is 0.350. The van der Waals surface area contributed by atoms with Gasteiger partial charge in [-0.2, -0.15) is 0 Å². The van der Waals surface area contributed by atoms with Crippen LogP contribution in [-0.4, -0.2) is 61.4 Å². The summed E-state index contributed by atoms with van der Waals surface area (Å²) in [4.78, 5) is 18.0. The third kappa shape index (κ3) is 3.87. The van der Waals surface area contributed by atoms with Crippen molar-refractivity contribution in [2.45, 2.75) is 6.42 Å². The second-order valence-corrected chi connectivity index (χ2v) is 6.87. The normalized spacial score (nSPS) is 11.2. The van der Waals surface area contributed by atoms with Crippen molar-refractivity contribution in [3.63, 3.8) is 0 Å².